The number of benzene rings is 2. The molecule has 0 bridgehead atoms. The number of nitrogens with one attached hydrogen (secondary N) is 4. The zero-order valence-electron chi connectivity index (χ0n) is 14.7. The van der Waals surface area contributed by atoms with E-state index in [1.807, 2.05) is 12.1 Å². The standard InChI is InChI=1S/C20H20N4O3/c25-18-11-21-20(27)15-9-8-13(10-17(15)22-18)19(26)24-23-16-7-3-5-12-4-1-2-6-14(12)16/h3,5,7-10,23H,1-2,4,6,11H2,(H,21,27)(H,22,25)(H,24,26). The number of aryl methyl sites for hydroxylation is 1. The molecular formula is C20H20N4O3. The largest absolute Gasteiger partial charge is 0.343 e. The molecule has 4 rings (SSSR count). The van der Waals surface area contributed by atoms with E-state index in [2.05, 4.69) is 27.6 Å². The molecule has 7 nitrogen and oxygen atoms in total. The van der Waals surface area contributed by atoms with E-state index in [0.29, 0.717) is 16.8 Å². The van der Waals surface area contributed by atoms with Crippen LogP contribution in [0, 0.1) is 0 Å². The minimum absolute atomic E-state index is 0.0876. The van der Waals surface area contributed by atoms with Crippen LogP contribution in [-0.4, -0.2) is 24.3 Å². The number of carbonyl (C=O) groups is 3. The Hall–Kier alpha value is -3.35. The lowest BCUT2D eigenvalue weighted by molar-refractivity contribution is -0.115. The summed E-state index contributed by atoms with van der Waals surface area (Å²) in [5.41, 5.74) is 10.2. The van der Waals surface area contributed by atoms with Crippen LogP contribution in [0.3, 0.4) is 0 Å². The Morgan fingerprint density at radius 2 is 1.89 bits per heavy atom. The summed E-state index contributed by atoms with van der Waals surface area (Å²) < 4.78 is 0. The van der Waals surface area contributed by atoms with Crippen molar-refractivity contribution in [2.75, 3.05) is 17.3 Å². The highest BCUT2D eigenvalue weighted by Gasteiger charge is 2.20. The maximum atomic E-state index is 12.5. The molecule has 2 aromatic rings. The highest BCUT2D eigenvalue weighted by molar-refractivity contribution is 6.10. The first-order chi connectivity index (χ1) is 13.1. The first kappa shape index (κ1) is 17.1. The fourth-order valence-electron chi connectivity index (χ4n) is 3.53. The average Bonchev–Trinajstić information content (AvgIpc) is 2.83. The molecule has 0 aromatic heterocycles. The van der Waals surface area contributed by atoms with Crippen molar-refractivity contribution < 1.29 is 14.4 Å². The number of fused-ring (bicyclic) bond motifs is 2. The fourth-order valence-corrected chi connectivity index (χ4v) is 3.53. The van der Waals surface area contributed by atoms with E-state index in [0.717, 1.165) is 24.9 Å². The minimum atomic E-state index is -0.343. The molecule has 1 heterocycles. The number of hydrogen-bond acceptors (Lipinski definition) is 4. The number of amides is 3. The third kappa shape index (κ3) is 3.48. The van der Waals surface area contributed by atoms with Gasteiger partial charge >= 0.3 is 0 Å². The second-order valence-corrected chi connectivity index (χ2v) is 6.72. The highest BCUT2D eigenvalue weighted by atomic mass is 16.2. The molecule has 0 atom stereocenters. The van der Waals surface area contributed by atoms with Crippen molar-refractivity contribution in [2.45, 2.75) is 25.7 Å². The molecule has 1 aliphatic carbocycles. The van der Waals surface area contributed by atoms with Crippen molar-refractivity contribution in [1.82, 2.24) is 10.7 Å². The Morgan fingerprint density at radius 3 is 2.78 bits per heavy atom. The molecule has 0 spiro atoms. The molecule has 4 N–H and O–H groups in total. The molecule has 138 valence electrons. The van der Waals surface area contributed by atoms with Gasteiger partial charge in [0, 0.05) is 5.56 Å². The first-order valence-corrected chi connectivity index (χ1v) is 9.01. The molecule has 3 amide bonds. The molecule has 0 saturated heterocycles. The molecule has 0 saturated carbocycles. The van der Waals surface area contributed by atoms with Gasteiger partial charge in [-0.3, -0.25) is 25.2 Å². The molecule has 0 unspecified atom stereocenters. The summed E-state index contributed by atoms with van der Waals surface area (Å²) in [6.45, 7) is -0.0876. The van der Waals surface area contributed by atoms with Crippen LogP contribution < -0.4 is 21.5 Å². The number of carbonyl (C=O) groups excluding carboxylic acids is 3. The summed E-state index contributed by atoms with van der Waals surface area (Å²) in [5.74, 6) is -1.01. The second-order valence-electron chi connectivity index (χ2n) is 6.72. The van der Waals surface area contributed by atoms with Gasteiger partial charge in [-0.05, 0) is 61.1 Å². The van der Waals surface area contributed by atoms with Gasteiger partial charge < -0.3 is 10.6 Å². The van der Waals surface area contributed by atoms with Gasteiger partial charge in [-0.15, -0.1) is 0 Å². The van der Waals surface area contributed by atoms with Crippen LogP contribution in [0.2, 0.25) is 0 Å². The van der Waals surface area contributed by atoms with E-state index >= 15 is 0 Å². The molecular weight excluding hydrogens is 344 g/mol. The third-order valence-corrected chi connectivity index (χ3v) is 4.92. The summed E-state index contributed by atoms with van der Waals surface area (Å²) in [4.78, 5) is 36.2. The average molecular weight is 364 g/mol. The van der Waals surface area contributed by atoms with E-state index in [9.17, 15) is 14.4 Å². The quantitative estimate of drug-likeness (QED) is 0.626. The third-order valence-electron chi connectivity index (χ3n) is 4.92. The molecule has 0 fully saturated rings. The zero-order chi connectivity index (χ0) is 18.8. The van der Waals surface area contributed by atoms with Crippen molar-refractivity contribution in [3.8, 4) is 0 Å². The van der Waals surface area contributed by atoms with Crippen LogP contribution in [-0.2, 0) is 17.6 Å². The molecule has 2 aliphatic rings. The SMILES string of the molecule is O=C1CNC(=O)c2ccc(C(=O)NNc3cccc4c3CCCC4)cc2N1. The van der Waals surface area contributed by atoms with Gasteiger partial charge in [-0.2, -0.15) is 0 Å². The van der Waals surface area contributed by atoms with Gasteiger partial charge in [0.25, 0.3) is 11.8 Å². The monoisotopic (exact) mass is 364 g/mol. The van der Waals surface area contributed by atoms with Gasteiger partial charge in [0.05, 0.1) is 23.5 Å². The predicted molar refractivity (Wildman–Crippen MR) is 102 cm³/mol. The molecule has 27 heavy (non-hydrogen) atoms. The number of anilines is 2. The summed E-state index contributed by atoms with van der Waals surface area (Å²) in [6.07, 6.45) is 4.39. The summed E-state index contributed by atoms with van der Waals surface area (Å²) in [6, 6.07) is 10.7. The smallest absolute Gasteiger partial charge is 0.269 e. The van der Waals surface area contributed by atoms with Gasteiger partial charge in [0.1, 0.15) is 0 Å². The Kier molecular flexibility index (Phi) is 4.50. The zero-order valence-corrected chi connectivity index (χ0v) is 14.7. The van der Waals surface area contributed by atoms with Crippen molar-refractivity contribution in [1.29, 1.82) is 0 Å². The summed E-state index contributed by atoms with van der Waals surface area (Å²) in [7, 11) is 0. The molecule has 0 radical (unpaired) electrons. The number of rotatable bonds is 3. The molecule has 2 aromatic carbocycles. The van der Waals surface area contributed by atoms with Gasteiger partial charge in [-0.1, -0.05) is 12.1 Å². The summed E-state index contributed by atoms with van der Waals surface area (Å²) in [5, 5.41) is 5.15. The first-order valence-electron chi connectivity index (χ1n) is 9.01. The Bertz CT molecular complexity index is 939. The van der Waals surface area contributed by atoms with Crippen molar-refractivity contribution in [3.05, 3.63) is 58.7 Å². The van der Waals surface area contributed by atoms with E-state index < -0.39 is 0 Å². The maximum absolute atomic E-state index is 12.5. The molecule has 7 heteroatoms. The number of hydrogen-bond donors (Lipinski definition) is 4. The second kappa shape index (κ2) is 7.11. The predicted octanol–water partition coefficient (Wildman–Crippen LogP) is 2.00. The normalized spacial score (nSPS) is 15.6. The van der Waals surface area contributed by atoms with Crippen LogP contribution in [0.1, 0.15) is 44.7 Å². The minimum Gasteiger partial charge on any atom is -0.343 e. The Morgan fingerprint density at radius 1 is 1.04 bits per heavy atom. The highest BCUT2D eigenvalue weighted by Crippen LogP contribution is 2.27. The topological polar surface area (TPSA) is 99.3 Å². The van der Waals surface area contributed by atoms with E-state index in [1.165, 1.54) is 29.7 Å². The van der Waals surface area contributed by atoms with E-state index in [1.54, 1.807) is 6.07 Å². The van der Waals surface area contributed by atoms with Crippen LogP contribution in [0.15, 0.2) is 36.4 Å². The lowest BCUT2D eigenvalue weighted by atomic mass is 9.90. The van der Waals surface area contributed by atoms with E-state index in [4.69, 9.17) is 0 Å². The maximum Gasteiger partial charge on any atom is 0.269 e. The fraction of sp³-hybridized carbons (Fsp3) is 0.250. The van der Waals surface area contributed by atoms with Gasteiger partial charge in [0.2, 0.25) is 5.91 Å². The van der Waals surface area contributed by atoms with Crippen LogP contribution in [0.25, 0.3) is 0 Å². The molecule has 1 aliphatic heterocycles. The number of hydrazine groups is 1. The lowest BCUT2D eigenvalue weighted by Crippen LogP contribution is -2.30. The van der Waals surface area contributed by atoms with Crippen LogP contribution >= 0.6 is 0 Å². The summed E-state index contributed by atoms with van der Waals surface area (Å²) >= 11 is 0. The Labute approximate surface area is 156 Å². The van der Waals surface area contributed by atoms with Crippen molar-refractivity contribution in [2.24, 2.45) is 0 Å². The lowest BCUT2D eigenvalue weighted by Gasteiger charge is -2.20. The van der Waals surface area contributed by atoms with Crippen molar-refractivity contribution in [3.63, 3.8) is 0 Å². The van der Waals surface area contributed by atoms with E-state index in [-0.39, 0.29) is 24.3 Å². The van der Waals surface area contributed by atoms with Gasteiger partial charge in [0.15, 0.2) is 0 Å². The van der Waals surface area contributed by atoms with Gasteiger partial charge in [-0.25, -0.2) is 0 Å². The van der Waals surface area contributed by atoms with Crippen LogP contribution in [0.4, 0.5) is 11.4 Å². The van der Waals surface area contributed by atoms with Crippen molar-refractivity contribution >= 4 is 29.1 Å². The Balaban J connectivity index is 1.51. The van der Waals surface area contributed by atoms with Crippen LogP contribution in [0.5, 0.6) is 0 Å².